The molecule has 4 rings (SSSR count). The van der Waals surface area contributed by atoms with Crippen molar-refractivity contribution in [3.05, 3.63) is 82.9 Å². The van der Waals surface area contributed by atoms with E-state index in [9.17, 15) is 4.79 Å². The molecule has 0 saturated carbocycles. The highest BCUT2D eigenvalue weighted by Gasteiger charge is 2.28. The molecule has 1 aliphatic rings. The molecule has 1 aliphatic carbocycles. The van der Waals surface area contributed by atoms with Crippen molar-refractivity contribution in [3.63, 3.8) is 0 Å². The molecule has 0 fully saturated rings. The molecule has 0 aliphatic heterocycles. The minimum atomic E-state index is -0.434. The maximum Gasteiger partial charge on any atom is 0.407 e. The van der Waals surface area contributed by atoms with Crippen molar-refractivity contribution in [1.29, 1.82) is 0 Å². The second-order valence-corrected chi connectivity index (χ2v) is 7.60. The molecule has 0 aromatic heterocycles. The predicted octanol–water partition coefficient (Wildman–Crippen LogP) is 4.44. The summed E-state index contributed by atoms with van der Waals surface area (Å²) in [7, 11) is 0. The number of carbonyl (C=O) groups excluding carboxylic acids is 1. The van der Waals surface area contributed by atoms with E-state index in [2.05, 4.69) is 41.4 Å². The van der Waals surface area contributed by atoms with E-state index in [1.54, 1.807) is 6.07 Å². The Bertz CT molecular complexity index is 1120. The highest BCUT2D eigenvalue weighted by atomic mass is 16.5. The number of fused-ring (bicyclic) bond motifs is 3. The van der Waals surface area contributed by atoms with Crippen molar-refractivity contribution in [1.82, 2.24) is 5.32 Å². The Labute approximate surface area is 182 Å². The Morgan fingerprint density at radius 1 is 1.03 bits per heavy atom. The number of carbonyl (C=O) groups is 1. The summed E-state index contributed by atoms with van der Waals surface area (Å²) in [6, 6.07) is 20.2. The maximum absolute atomic E-state index is 12.2. The fourth-order valence-corrected chi connectivity index (χ4v) is 3.94. The largest absolute Gasteiger partial charge is 0.449 e. The van der Waals surface area contributed by atoms with E-state index in [0.717, 1.165) is 11.1 Å². The van der Waals surface area contributed by atoms with Crippen molar-refractivity contribution in [2.45, 2.75) is 19.3 Å². The number of aryl methyl sites for hydroxylation is 1. The van der Waals surface area contributed by atoms with Crippen molar-refractivity contribution < 1.29 is 9.53 Å². The molecule has 156 valence electrons. The topological polar surface area (TPSA) is 90.4 Å². The molecule has 5 nitrogen and oxygen atoms in total. The van der Waals surface area contributed by atoms with Crippen molar-refractivity contribution in [2.24, 2.45) is 0 Å². The lowest BCUT2D eigenvalue weighted by Gasteiger charge is -2.14. The number of alkyl carbamates (subject to hydrolysis) is 1. The number of rotatable bonds is 4. The van der Waals surface area contributed by atoms with Gasteiger partial charge in [-0.3, -0.25) is 0 Å². The van der Waals surface area contributed by atoms with Crippen LogP contribution in [0.2, 0.25) is 0 Å². The van der Waals surface area contributed by atoms with Crippen LogP contribution in [0.5, 0.6) is 0 Å². The van der Waals surface area contributed by atoms with Gasteiger partial charge >= 0.3 is 6.09 Å². The summed E-state index contributed by atoms with van der Waals surface area (Å²) in [5.41, 5.74) is 19.4. The molecule has 1 amide bonds. The summed E-state index contributed by atoms with van der Waals surface area (Å²) in [6.07, 6.45) is 0.0734. The third kappa shape index (κ3) is 4.34. The van der Waals surface area contributed by atoms with Gasteiger partial charge in [-0.2, -0.15) is 0 Å². The van der Waals surface area contributed by atoms with Gasteiger partial charge in [-0.15, -0.1) is 0 Å². The van der Waals surface area contributed by atoms with Crippen LogP contribution >= 0.6 is 0 Å². The van der Waals surface area contributed by atoms with Crippen LogP contribution in [0.1, 0.15) is 34.6 Å². The van der Waals surface area contributed by atoms with E-state index in [1.165, 1.54) is 22.3 Å². The Balaban J connectivity index is 1.29. The zero-order valence-electron chi connectivity index (χ0n) is 17.4. The van der Waals surface area contributed by atoms with E-state index < -0.39 is 6.09 Å². The monoisotopic (exact) mass is 411 g/mol. The van der Waals surface area contributed by atoms with Crippen LogP contribution in [0.3, 0.4) is 0 Å². The van der Waals surface area contributed by atoms with E-state index in [0.29, 0.717) is 30.9 Å². The fraction of sp³-hybridized carbons (Fsp3) is 0.192. The molecular formula is C26H25N3O2. The number of benzene rings is 3. The standard InChI is InChI=1S/C26H25N3O2/c1-17-14-18(15-24(27)25(17)28)8-6-7-13-29-26(30)31-16-23-21-11-4-2-9-19(21)20-10-3-5-12-22(20)23/h2-5,9-12,14-15,23H,7,13,16,27-28H2,1H3,(H,29,30). The minimum Gasteiger partial charge on any atom is -0.449 e. The second-order valence-electron chi connectivity index (χ2n) is 7.60. The van der Waals surface area contributed by atoms with Crippen LogP contribution < -0.4 is 16.8 Å². The smallest absolute Gasteiger partial charge is 0.407 e. The Morgan fingerprint density at radius 3 is 2.32 bits per heavy atom. The molecule has 0 spiro atoms. The molecule has 3 aromatic rings. The van der Waals surface area contributed by atoms with Crippen LogP contribution in [-0.4, -0.2) is 19.2 Å². The number of hydrogen-bond acceptors (Lipinski definition) is 4. The Kier molecular flexibility index (Phi) is 5.81. The SMILES string of the molecule is Cc1cc(C#CCCNC(=O)OCC2c3ccccc3-c3ccccc32)cc(N)c1N. The molecule has 0 radical (unpaired) electrons. The molecule has 0 atom stereocenters. The zero-order chi connectivity index (χ0) is 21.8. The first-order valence-electron chi connectivity index (χ1n) is 10.3. The lowest BCUT2D eigenvalue weighted by molar-refractivity contribution is 0.143. The van der Waals surface area contributed by atoms with Gasteiger partial charge in [0.15, 0.2) is 0 Å². The molecule has 0 unspecified atom stereocenters. The number of nitrogens with two attached hydrogens (primary N) is 2. The average Bonchev–Trinajstić information content (AvgIpc) is 3.09. The van der Waals surface area contributed by atoms with Crippen LogP contribution in [0.15, 0.2) is 60.7 Å². The number of hydrogen-bond donors (Lipinski definition) is 3. The van der Waals surface area contributed by atoms with Gasteiger partial charge in [0, 0.05) is 24.4 Å². The van der Waals surface area contributed by atoms with Gasteiger partial charge in [0.25, 0.3) is 0 Å². The number of nitrogens with one attached hydrogen (secondary N) is 1. The second kappa shape index (κ2) is 8.85. The van der Waals surface area contributed by atoms with Gasteiger partial charge in [-0.25, -0.2) is 4.79 Å². The van der Waals surface area contributed by atoms with Gasteiger partial charge in [0.2, 0.25) is 0 Å². The number of nitrogen functional groups attached to an aromatic ring is 2. The number of ether oxygens (including phenoxy) is 1. The van der Waals surface area contributed by atoms with E-state index in [1.807, 2.05) is 37.3 Å². The van der Waals surface area contributed by atoms with E-state index in [-0.39, 0.29) is 5.92 Å². The molecule has 5 heteroatoms. The van der Waals surface area contributed by atoms with Crippen LogP contribution in [0, 0.1) is 18.8 Å². The Morgan fingerprint density at radius 2 is 1.68 bits per heavy atom. The number of anilines is 2. The van der Waals surface area contributed by atoms with Gasteiger partial charge < -0.3 is 21.5 Å². The quantitative estimate of drug-likeness (QED) is 0.336. The first-order chi connectivity index (χ1) is 15.0. The lowest BCUT2D eigenvalue weighted by Crippen LogP contribution is -2.26. The van der Waals surface area contributed by atoms with Gasteiger partial charge in [0.1, 0.15) is 6.61 Å². The Hall–Kier alpha value is -3.91. The average molecular weight is 412 g/mol. The highest BCUT2D eigenvalue weighted by molar-refractivity contribution is 5.79. The summed E-state index contributed by atoms with van der Waals surface area (Å²) in [4.78, 5) is 12.2. The maximum atomic E-state index is 12.2. The summed E-state index contributed by atoms with van der Waals surface area (Å²) >= 11 is 0. The van der Waals surface area contributed by atoms with E-state index >= 15 is 0 Å². The van der Waals surface area contributed by atoms with Crippen LogP contribution in [-0.2, 0) is 4.74 Å². The molecule has 31 heavy (non-hydrogen) atoms. The fourth-order valence-electron chi connectivity index (χ4n) is 3.94. The van der Waals surface area contributed by atoms with Crippen LogP contribution in [0.4, 0.5) is 16.2 Å². The minimum absolute atomic E-state index is 0.0529. The van der Waals surface area contributed by atoms with Gasteiger partial charge in [0.05, 0.1) is 11.4 Å². The molecule has 0 saturated heterocycles. The zero-order valence-corrected chi connectivity index (χ0v) is 17.4. The molecule has 3 aromatic carbocycles. The summed E-state index contributed by atoms with van der Waals surface area (Å²) < 4.78 is 5.52. The van der Waals surface area contributed by atoms with Crippen molar-refractivity contribution >= 4 is 17.5 Å². The third-order valence-electron chi connectivity index (χ3n) is 5.51. The molecular weight excluding hydrogens is 386 g/mol. The van der Waals surface area contributed by atoms with Gasteiger partial charge in [-0.05, 0) is 46.9 Å². The van der Waals surface area contributed by atoms with Crippen LogP contribution in [0.25, 0.3) is 11.1 Å². The summed E-state index contributed by atoms with van der Waals surface area (Å²) in [5.74, 6) is 6.14. The highest BCUT2D eigenvalue weighted by Crippen LogP contribution is 2.44. The lowest BCUT2D eigenvalue weighted by atomic mass is 9.98. The van der Waals surface area contributed by atoms with Crippen molar-refractivity contribution in [3.8, 4) is 23.0 Å². The normalized spacial score (nSPS) is 11.8. The molecule has 5 N–H and O–H groups in total. The third-order valence-corrected chi connectivity index (χ3v) is 5.51. The van der Waals surface area contributed by atoms with Crippen molar-refractivity contribution in [2.75, 3.05) is 24.6 Å². The first-order valence-corrected chi connectivity index (χ1v) is 10.3. The number of amides is 1. The van der Waals surface area contributed by atoms with E-state index in [4.69, 9.17) is 16.2 Å². The first kappa shape index (κ1) is 20.4. The summed E-state index contributed by atoms with van der Waals surface area (Å²) in [5, 5.41) is 2.76. The molecule has 0 bridgehead atoms. The predicted molar refractivity (Wildman–Crippen MR) is 125 cm³/mol. The van der Waals surface area contributed by atoms with Gasteiger partial charge in [-0.1, -0.05) is 60.4 Å². The molecule has 0 heterocycles. The summed E-state index contributed by atoms with van der Waals surface area (Å²) in [6.45, 7) is 2.61.